The van der Waals surface area contributed by atoms with Crippen molar-refractivity contribution in [1.29, 1.82) is 0 Å². The van der Waals surface area contributed by atoms with E-state index in [9.17, 15) is 4.79 Å². The summed E-state index contributed by atoms with van der Waals surface area (Å²) in [5.41, 5.74) is 2.37. The fourth-order valence-electron chi connectivity index (χ4n) is 3.13. The van der Waals surface area contributed by atoms with Gasteiger partial charge in [-0.1, -0.05) is 30.3 Å². The number of carbonyl (C=O) groups is 1. The first-order chi connectivity index (χ1) is 13.8. The molecule has 5 nitrogen and oxygen atoms in total. The van der Waals surface area contributed by atoms with Crippen molar-refractivity contribution in [3.8, 4) is 11.5 Å². The number of benzene rings is 3. The number of anilines is 2. The minimum atomic E-state index is -0.203. The average molecular weight is 374 g/mol. The molecule has 0 atom stereocenters. The third-order valence-corrected chi connectivity index (χ3v) is 4.60. The first-order valence-electron chi connectivity index (χ1n) is 9.36. The van der Waals surface area contributed by atoms with E-state index >= 15 is 0 Å². The highest BCUT2D eigenvalue weighted by Gasteiger charge is 2.14. The van der Waals surface area contributed by atoms with Crippen LogP contribution in [0.4, 0.5) is 11.4 Å². The van der Waals surface area contributed by atoms with Crippen LogP contribution in [-0.4, -0.2) is 32.2 Å². The molecule has 1 aliphatic rings. The molecule has 1 aliphatic heterocycles. The van der Waals surface area contributed by atoms with E-state index in [2.05, 4.69) is 10.2 Å². The van der Waals surface area contributed by atoms with Crippen LogP contribution < -0.4 is 15.0 Å². The number of hydrogen-bond donors (Lipinski definition) is 1. The van der Waals surface area contributed by atoms with Crippen LogP contribution >= 0.6 is 0 Å². The highest BCUT2D eigenvalue weighted by atomic mass is 16.5. The van der Waals surface area contributed by atoms with Crippen molar-refractivity contribution < 1.29 is 14.3 Å². The summed E-state index contributed by atoms with van der Waals surface area (Å²) in [6.07, 6.45) is 0. The SMILES string of the molecule is O=C(Nc1ccc(N2CCOCC2)cc1)c1ccccc1Oc1ccccc1. The molecule has 142 valence electrons. The van der Waals surface area contributed by atoms with Gasteiger partial charge >= 0.3 is 0 Å². The van der Waals surface area contributed by atoms with E-state index in [1.807, 2.05) is 66.7 Å². The lowest BCUT2D eigenvalue weighted by Crippen LogP contribution is -2.36. The van der Waals surface area contributed by atoms with Gasteiger partial charge in [0.25, 0.3) is 5.91 Å². The normalized spacial score (nSPS) is 13.8. The lowest BCUT2D eigenvalue weighted by molar-refractivity contribution is 0.102. The van der Waals surface area contributed by atoms with E-state index in [-0.39, 0.29) is 5.91 Å². The monoisotopic (exact) mass is 374 g/mol. The van der Waals surface area contributed by atoms with Crippen molar-refractivity contribution in [3.63, 3.8) is 0 Å². The van der Waals surface area contributed by atoms with Gasteiger partial charge in [0.15, 0.2) is 0 Å². The molecule has 4 rings (SSSR count). The van der Waals surface area contributed by atoms with Gasteiger partial charge in [0.05, 0.1) is 18.8 Å². The zero-order chi connectivity index (χ0) is 19.2. The van der Waals surface area contributed by atoms with Crippen molar-refractivity contribution in [1.82, 2.24) is 0 Å². The third-order valence-electron chi connectivity index (χ3n) is 4.60. The van der Waals surface area contributed by atoms with Crippen LogP contribution in [0.3, 0.4) is 0 Å². The summed E-state index contributed by atoms with van der Waals surface area (Å²) in [7, 11) is 0. The van der Waals surface area contributed by atoms with Gasteiger partial charge in [0, 0.05) is 24.5 Å². The quantitative estimate of drug-likeness (QED) is 0.711. The molecule has 0 bridgehead atoms. The Hall–Kier alpha value is -3.31. The summed E-state index contributed by atoms with van der Waals surface area (Å²) in [5.74, 6) is 1.01. The molecular formula is C23H22N2O3. The van der Waals surface area contributed by atoms with E-state index in [0.717, 1.165) is 37.7 Å². The van der Waals surface area contributed by atoms with Crippen LogP contribution in [-0.2, 0) is 4.74 Å². The Kier molecular flexibility index (Phi) is 5.54. The van der Waals surface area contributed by atoms with Crippen molar-refractivity contribution in [2.75, 3.05) is 36.5 Å². The van der Waals surface area contributed by atoms with Gasteiger partial charge in [-0.25, -0.2) is 0 Å². The van der Waals surface area contributed by atoms with Crippen LogP contribution in [0.2, 0.25) is 0 Å². The summed E-state index contributed by atoms with van der Waals surface area (Å²) in [4.78, 5) is 15.1. The summed E-state index contributed by atoms with van der Waals surface area (Å²) < 4.78 is 11.3. The summed E-state index contributed by atoms with van der Waals surface area (Å²) >= 11 is 0. The zero-order valence-electron chi connectivity index (χ0n) is 15.5. The Morgan fingerprint density at radius 3 is 2.29 bits per heavy atom. The molecule has 3 aromatic rings. The van der Waals surface area contributed by atoms with Crippen molar-refractivity contribution in [3.05, 3.63) is 84.4 Å². The summed E-state index contributed by atoms with van der Waals surface area (Å²) in [5, 5.41) is 2.95. The van der Waals surface area contributed by atoms with Gasteiger partial charge in [-0.15, -0.1) is 0 Å². The van der Waals surface area contributed by atoms with Gasteiger partial charge in [0.2, 0.25) is 0 Å². The number of hydrogen-bond acceptors (Lipinski definition) is 4. The smallest absolute Gasteiger partial charge is 0.259 e. The number of carbonyl (C=O) groups excluding carboxylic acids is 1. The molecule has 0 saturated carbocycles. The molecule has 1 fully saturated rings. The van der Waals surface area contributed by atoms with Gasteiger partial charge in [-0.2, -0.15) is 0 Å². The van der Waals surface area contributed by atoms with E-state index in [4.69, 9.17) is 9.47 Å². The Bertz CT molecular complexity index is 920. The second kappa shape index (κ2) is 8.59. The molecule has 0 aromatic heterocycles. The number of rotatable bonds is 5. The third kappa shape index (κ3) is 4.32. The number of ether oxygens (including phenoxy) is 2. The Morgan fingerprint density at radius 2 is 1.54 bits per heavy atom. The van der Waals surface area contributed by atoms with Crippen LogP contribution in [0.1, 0.15) is 10.4 Å². The van der Waals surface area contributed by atoms with Crippen LogP contribution in [0.5, 0.6) is 11.5 Å². The van der Waals surface area contributed by atoms with Crippen molar-refractivity contribution in [2.24, 2.45) is 0 Å². The molecule has 0 unspecified atom stereocenters. The Labute approximate surface area is 164 Å². The van der Waals surface area contributed by atoms with Gasteiger partial charge < -0.3 is 19.7 Å². The Morgan fingerprint density at radius 1 is 0.857 bits per heavy atom. The van der Waals surface area contributed by atoms with Crippen LogP contribution in [0.15, 0.2) is 78.9 Å². The highest BCUT2D eigenvalue weighted by molar-refractivity contribution is 6.06. The predicted molar refractivity (Wildman–Crippen MR) is 110 cm³/mol. The van der Waals surface area contributed by atoms with Crippen molar-refractivity contribution in [2.45, 2.75) is 0 Å². The summed E-state index contributed by atoms with van der Waals surface area (Å²) in [6, 6.07) is 24.6. The molecule has 1 amide bonds. The number of amides is 1. The number of morpholine rings is 1. The first kappa shape index (κ1) is 18.1. The maximum Gasteiger partial charge on any atom is 0.259 e. The first-order valence-corrected chi connectivity index (χ1v) is 9.36. The van der Waals surface area contributed by atoms with Crippen molar-refractivity contribution >= 4 is 17.3 Å². The van der Waals surface area contributed by atoms with E-state index in [1.165, 1.54) is 0 Å². The second-order valence-corrected chi connectivity index (χ2v) is 6.51. The molecule has 3 aromatic carbocycles. The zero-order valence-corrected chi connectivity index (χ0v) is 15.5. The second-order valence-electron chi connectivity index (χ2n) is 6.51. The number of nitrogens with zero attached hydrogens (tertiary/aromatic N) is 1. The Balaban J connectivity index is 1.46. The predicted octanol–water partition coefficient (Wildman–Crippen LogP) is 4.57. The van der Waals surface area contributed by atoms with E-state index in [0.29, 0.717) is 17.1 Å². The molecule has 0 aliphatic carbocycles. The maximum absolute atomic E-state index is 12.8. The highest BCUT2D eigenvalue weighted by Crippen LogP contribution is 2.26. The maximum atomic E-state index is 12.8. The minimum Gasteiger partial charge on any atom is -0.457 e. The van der Waals surface area contributed by atoms with E-state index < -0.39 is 0 Å². The van der Waals surface area contributed by atoms with E-state index in [1.54, 1.807) is 12.1 Å². The molecule has 5 heteroatoms. The lowest BCUT2D eigenvalue weighted by Gasteiger charge is -2.28. The van der Waals surface area contributed by atoms with Gasteiger partial charge in [0.1, 0.15) is 11.5 Å². The topological polar surface area (TPSA) is 50.8 Å². The minimum absolute atomic E-state index is 0.203. The average Bonchev–Trinajstić information content (AvgIpc) is 2.76. The standard InChI is InChI=1S/C23H22N2O3/c26-23(21-8-4-5-9-22(21)28-20-6-2-1-3-7-20)24-18-10-12-19(13-11-18)25-14-16-27-17-15-25/h1-13H,14-17H2,(H,24,26). The molecule has 0 spiro atoms. The molecule has 28 heavy (non-hydrogen) atoms. The molecule has 1 N–H and O–H groups in total. The lowest BCUT2D eigenvalue weighted by atomic mass is 10.1. The van der Waals surface area contributed by atoms with Gasteiger partial charge in [-0.05, 0) is 48.5 Å². The van der Waals surface area contributed by atoms with Crippen LogP contribution in [0.25, 0.3) is 0 Å². The van der Waals surface area contributed by atoms with Crippen LogP contribution in [0, 0.1) is 0 Å². The number of para-hydroxylation sites is 2. The summed E-state index contributed by atoms with van der Waals surface area (Å²) in [6.45, 7) is 3.26. The molecular weight excluding hydrogens is 352 g/mol. The molecule has 1 heterocycles. The fourth-order valence-corrected chi connectivity index (χ4v) is 3.13. The number of nitrogens with one attached hydrogen (secondary N) is 1. The largest absolute Gasteiger partial charge is 0.457 e. The van der Waals surface area contributed by atoms with Gasteiger partial charge in [-0.3, -0.25) is 4.79 Å². The molecule has 1 saturated heterocycles. The molecule has 0 radical (unpaired) electrons. The fraction of sp³-hybridized carbons (Fsp3) is 0.174.